The number of amides is 1. The van der Waals surface area contributed by atoms with Gasteiger partial charge in [-0.3, -0.25) is 9.69 Å². The third-order valence-corrected chi connectivity index (χ3v) is 3.56. The number of nitrogens with one attached hydrogen (secondary N) is 1. The Balaban J connectivity index is 1.69. The Kier molecular flexibility index (Phi) is 4.08. The number of hydrogen-bond donors (Lipinski definition) is 1. The first kappa shape index (κ1) is 15.5. The van der Waals surface area contributed by atoms with Gasteiger partial charge in [-0.1, -0.05) is 17.3 Å². The molecule has 8 heteroatoms. The summed E-state index contributed by atoms with van der Waals surface area (Å²) >= 11 is 0. The van der Waals surface area contributed by atoms with E-state index in [4.69, 9.17) is 0 Å². The third-order valence-electron chi connectivity index (χ3n) is 3.56. The van der Waals surface area contributed by atoms with Crippen molar-refractivity contribution in [1.29, 1.82) is 0 Å². The van der Waals surface area contributed by atoms with Gasteiger partial charge in [0.25, 0.3) is 0 Å². The van der Waals surface area contributed by atoms with E-state index < -0.39 is 12.7 Å². The number of anilines is 1. The molecule has 122 valence electrons. The van der Waals surface area contributed by atoms with E-state index in [9.17, 15) is 18.0 Å². The predicted octanol–water partition coefficient (Wildman–Crippen LogP) is 2.73. The first-order chi connectivity index (χ1) is 10.9. The van der Waals surface area contributed by atoms with Crippen LogP contribution in [0, 0.1) is 0 Å². The molecule has 0 aliphatic carbocycles. The molecule has 1 aromatic carbocycles. The first-order valence-electron chi connectivity index (χ1n) is 7.00. The van der Waals surface area contributed by atoms with Crippen molar-refractivity contribution >= 4 is 11.6 Å². The molecule has 0 atom stereocenters. The monoisotopic (exact) mass is 325 g/mol. The van der Waals surface area contributed by atoms with Gasteiger partial charge in [0.15, 0.2) is 0 Å². The number of fused-ring (bicyclic) bond motifs is 1. The van der Waals surface area contributed by atoms with Crippen LogP contribution in [0.4, 0.5) is 18.9 Å². The lowest BCUT2D eigenvalue weighted by Crippen LogP contribution is -2.30. The number of carbonyl (C=O) groups is 1. The molecule has 1 aromatic heterocycles. The summed E-state index contributed by atoms with van der Waals surface area (Å²) < 4.78 is 42.2. The van der Waals surface area contributed by atoms with E-state index in [1.54, 1.807) is 24.3 Å². The zero-order valence-electron chi connectivity index (χ0n) is 12.1. The average molecular weight is 325 g/mol. The van der Waals surface area contributed by atoms with E-state index >= 15 is 0 Å². The Bertz CT molecular complexity index is 698. The molecule has 2 aromatic rings. The van der Waals surface area contributed by atoms with Crippen molar-refractivity contribution in [3.63, 3.8) is 0 Å². The lowest BCUT2D eigenvalue weighted by molar-refractivity contribution is -0.147. The number of nitrogens with zero attached hydrogens (tertiary/aromatic N) is 2. The molecule has 23 heavy (non-hydrogen) atoms. The van der Waals surface area contributed by atoms with Crippen LogP contribution in [0.1, 0.15) is 16.8 Å². The minimum atomic E-state index is -4.24. The number of alkyl halides is 3. The summed E-state index contributed by atoms with van der Waals surface area (Å²) in [5, 5.41) is 6.39. The number of benzene rings is 1. The largest absolute Gasteiger partial charge is 0.401 e. The van der Waals surface area contributed by atoms with E-state index in [0.717, 1.165) is 11.1 Å². The Morgan fingerprint density at radius 3 is 2.83 bits per heavy atom. The van der Waals surface area contributed by atoms with Gasteiger partial charge in [0.2, 0.25) is 5.91 Å². The highest BCUT2D eigenvalue weighted by Gasteiger charge is 2.34. The molecule has 0 bridgehead atoms. The molecule has 0 spiro atoms. The van der Waals surface area contributed by atoms with Crippen molar-refractivity contribution in [2.24, 2.45) is 0 Å². The summed E-state index contributed by atoms with van der Waals surface area (Å²) in [5.41, 5.74) is 2.56. The van der Waals surface area contributed by atoms with Gasteiger partial charge in [-0.05, 0) is 17.2 Å². The lowest BCUT2D eigenvalue weighted by Gasteiger charge is -2.16. The Morgan fingerprint density at radius 1 is 1.30 bits per heavy atom. The van der Waals surface area contributed by atoms with Crippen LogP contribution in [-0.4, -0.2) is 28.7 Å². The van der Waals surface area contributed by atoms with Crippen LogP contribution < -0.4 is 5.32 Å². The molecule has 1 aliphatic heterocycles. The molecule has 2 heterocycles. The molecule has 1 N–H and O–H groups in total. The van der Waals surface area contributed by atoms with Gasteiger partial charge in [0.1, 0.15) is 6.26 Å². The predicted molar refractivity (Wildman–Crippen MR) is 75.4 cm³/mol. The van der Waals surface area contributed by atoms with Gasteiger partial charge in [-0.25, -0.2) is 0 Å². The highest BCUT2D eigenvalue weighted by atomic mass is 19.4. The zero-order valence-corrected chi connectivity index (χ0v) is 12.1. The Hall–Kier alpha value is -2.35. The van der Waals surface area contributed by atoms with E-state index in [-0.39, 0.29) is 25.4 Å². The average Bonchev–Trinajstić information content (AvgIpc) is 3.06. The quantitative estimate of drug-likeness (QED) is 0.939. The SMILES string of the molecule is O=C(Cc1ccon1)Nc1cccc2c1CN(CC(F)(F)F)C2. The summed E-state index contributed by atoms with van der Waals surface area (Å²) in [7, 11) is 0. The van der Waals surface area contributed by atoms with Gasteiger partial charge in [-0.15, -0.1) is 0 Å². The van der Waals surface area contributed by atoms with Crippen molar-refractivity contribution in [3.05, 3.63) is 47.3 Å². The standard InChI is InChI=1S/C15H14F3N3O2/c16-15(17,18)9-21-7-10-2-1-3-13(12(10)8-21)19-14(22)6-11-4-5-23-20-11/h1-5H,6-9H2,(H,19,22). The number of rotatable bonds is 4. The molecule has 1 amide bonds. The second-order valence-corrected chi connectivity index (χ2v) is 5.42. The van der Waals surface area contributed by atoms with Crippen LogP contribution in [0.3, 0.4) is 0 Å². The molecule has 3 rings (SSSR count). The topological polar surface area (TPSA) is 58.4 Å². The van der Waals surface area contributed by atoms with Crippen molar-refractivity contribution in [1.82, 2.24) is 10.1 Å². The summed E-state index contributed by atoms with van der Waals surface area (Å²) in [6.07, 6.45) is -2.82. The molecule has 5 nitrogen and oxygen atoms in total. The minimum absolute atomic E-state index is 0.0480. The number of hydrogen-bond acceptors (Lipinski definition) is 4. The van der Waals surface area contributed by atoms with Gasteiger partial charge >= 0.3 is 6.18 Å². The van der Waals surface area contributed by atoms with Crippen LogP contribution in [0.2, 0.25) is 0 Å². The van der Waals surface area contributed by atoms with Crippen LogP contribution in [-0.2, 0) is 24.3 Å². The number of carbonyl (C=O) groups excluding carboxylic acids is 1. The second kappa shape index (κ2) is 6.04. The van der Waals surface area contributed by atoms with Crippen molar-refractivity contribution < 1.29 is 22.5 Å². The van der Waals surface area contributed by atoms with E-state index in [2.05, 4.69) is 15.0 Å². The van der Waals surface area contributed by atoms with Crippen LogP contribution in [0.15, 0.2) is 35.1 Å². The van der Waals surface area contributed by atoms with Gasteiger partial charge in [-0.2, -0.15) is 13.2 Å². The summed E-state index contributed by atoms with van der Waals surface area (Å²) in [4.78, 5) is 13.3. The fraction of sp³-hybridized carbons (Fsp3) is 0.333. The van der Waals surface area contributed by atoms with Crippen molar-refractivity contribution in [2.75, 3.05) is 11.9 Å². The van der Waals surface area contributed by atoms with Crippen LogP contribution in [0.25, 0.3) is 0 Å². The fourth-order valence-electron chi connectivity index (χ4n) is 2.66. The van der Waals surface area contributed by atoms with Crippen LogP contribution >= 0.6 is 0 Å². The highest BCUT2D eigenvalue weighted by molar-refractivity contribution is 5.93. The molecular formula is C15H14F3N3O2. The van der Waals surface area contributed by atoms with E-state index in [0.29, 0.717) is 11.4 Å². The maximum Gasteiger partial charge on any atom is 0.401 e. The molecule has 1 aliphatic rings. The van der Waals surface area contributed by atoms with Crippen molar-refractivity contribution in [3.8, 4) is 0 Å². The van der Waals surface area contributed by atoms with E-state index in [1.165, 1.54) is 11.2 Å². The third kappa shape index (κ3) is 3.89. The minimum Gasteiger partial charge on any atom is -0.364 e. The highest BCUT2D eigenvalue weighted by Crippen LogP contribution is 2.31. The smallest absolute Gasteiger partial charge is 0.364 e. The first-order valence-corrected chi connectivity index (χ1v) is 7.00. The molecule has 0 unspecified atom stereocenters. The number of aromatic nitrogens is 1. The molecule has 0 saturated carbocycles. The normalized spacial score (nSPS) is 14.7. The van der Waals surface area contributed by atoms with E-state index in [1.807, 2.05) is 0 Å². The number of halogens is 3. The van der Waals surface area contributed by atoms with Gasteiger partial charge in [0, 0.05) is 24.8 Å². The van der Waals surface area contributed by atoms with Crippen molar-refractivity contribution in [2.45, 2.75) is 25.7 Å². The Morgan fingerprint density at radius 2 is 2.13 bits per heavy atom. The molecule has 0 fully saturated rings. The van der Waals surface area contributed by atoms with Gasteiger partial charge in [0.05, 0.1) is 18.7 Å². The second-order valence-electron chi connectivity index (χ2n) is 5.42. The summed E-state index contributed by atoms with van der Waals surface area (Å²) in [6, 6.07) is 6.78. The molecule has 0 saturated heterocycles. The summed E-state index contributed by atoms with van der Waals surface area (Å²) in [5.74, 6) is -0.290. The van der Waals surface area contributed by atoms with Gasteiger partial charge < -0.3 is 9.84 Å². The zero-order chi connectivity index (χ0) is 16.4. The molecule has 0 radical (unpaired) electrons. The summed E-state index contributed by atoms with van der Waals surface area (Å²) in [6.45, 7) is -0.578. The molecular weight excluding hydrogens is 311 g/mol. The maximum absolute atomic E-state index is 12.5. The maximum atomic E-state index is 12.5. The lowest BCUT2D eigenvalue weighted by atomic mass is 10.1. The fourth-order valence-corrected chi connectivity index (χ4v) is 2.66. The Labute approximate surface area is 130 Å². The van der Waals surface area contributed by atoms with Crippen LogP contribution in [0.5, 0.6) is 0 Å².